The van der Waals surface area contributed by atoms with E-state index in [1.807, 2.05) is 103 Å². The van der Waals surface area contributed by atoms with Gasteiger partial charge in [0, 0.05) is 6.07 Å². The molecule has 1 atom stereocenters. The van der Waals surface area contributed by atoms with Crippen LogP contribution in [-0.2, 0) is 4.52 Å². The van der Waals surface area contributed by atoms with Crippen molar-refractivity contribution in [2.75, 3.05) is 0 Å². The van der Waals surface area contributed by atoms with E-state index in [0.717, 1.165) is 12.8 Å². The summed E-state index contributed by atoms with van der Waals surface area (Å²) >= 11 is 0. The molecule has 0 spiro atoms. The van der Waals surface area contributed by atoms with Gasteiger partial charge in [-0.3, -0.25) is 0 Å². The fraction of sp³-hybridized carbons (Fsp3) is 0.0690. The highest BCUT2D eigenvalue weighted by Crippen LogP contribution is 2.45. The average Bonchev–Trinajstić information content (AvgIpc) is 2.96. The second kappa shape index (κ2) is 13.5. The highest BCUT2D eigenvalue weighted by molar-refractivity contribution is 7.43. The van der Waals surface area contributed by atoms with Crippen molar-refractivity contribution < 1.29 is 27.1 Å². The number of hydrogen-bond acceptors (Lipinski definition) is 7. The summed E-state index contributed by atoms with van der Waals surface area (Å²) in [6, 6.07) is 31.5. The highest BCUT2D eigenvalue weighted by atomic mass is 31.2. The molecule has 0 aliphatic heterocycles. The summed E-state index contributed by atoms with van der Waals surface area (Å²) in [5.74, 6) is 3.41. The van der Waals surface area contributed by atoms with Crippen LogP contribution in [0.15, 0.2) is 133 Å². The molecule has 4 aromatic rings. The monoisotopic (exact) mass is 545 g/mol. The maximum absolute atomic E-state index is 6.04. The molecule has 1 aliphatic rings. The largest absolute Gasteiger partial charge is 0.531 e. The third-order valence-corrected chi connectivity index (χ3v) is 7.10. The lowest BCUT2D eigenvalue weighted by Crippen LogP contribution is -2.03. The highest BCUT2D eigenvalue weighted by Gasteiger charge is 2.23. The van der Waals surface area contributed by atoms with Gasteiger partial charge >= 0.3 is 17.2 Å². The van der Waals surface area contributed by atoms with E-state index < -0.39 is 17.2 Å². The Bertz CT molecular complexity index is 1280. The van der Waals surface area contributed by atoms with Crippen LogP contribution in [0.4, 0.5) is 0 Å². The Morgan fingerprint density at radius 1 is 0.500 bits per heavy atom. The normalized spacial score (nSPS) is 13.2. The SMILES string of the molecule is C1=CC(OP(Oc2ccccc2)Oc2ccc(OP(Oc3ccccc3)Oc3ccccc3)nc2)=CCC1. The zero-order valence-electron chi connectivity index (χ0n) is 20.3. The first-order chi connectivity index (χ1) is 18.8. The van der Waals surface area contributed by atoms with Crippen LogP contribution in [0.3, 0.4) is 0 Å². The Morgan fingerprint density at radius 2 is 1.03 bits per heavy atom. The smallest absolute Gasteiger partial charge is 0.409 e. The van der Waals surface area contributed by atoms with Gasteiger partial charge in [-0.15, -0.1) is 0 Å². The molecule has 1 heterocycles. The van der Waals surface area contributed by atoms with Gasteiger partial charge in [-0.05, 0) is 67.5 Å². The molecule has 0 bridgehead atoms. The predicted molar refractivity (Wildman–Crippen MR) is 148 cm³/mol. The van der Waals surface area contributed by atoms with Gasteiger partial charge in [-0.2, -0.15) is 0 Å². The van der Waals surface area contributed by atoms with Crippen molar-refractivity contribution >= 4 is 17.2 Å². The number of pyridine rings is 1. The summed E-state index contributed by atoms with van der Waals surface area (Å²) < 4.78 is 36.0. The summed E-state index contributed by atoms with van der Waals surface area (Å²) in [6.45, 7) is 0. The topological polar surface area (TPSA) is 68.3 Å². The minimum atomic E-state index is -1.82. The summed E-state index contributed by atoms with van der Waals surface area (Å²) in [4.78, 5) is 4.39. The third kappa shape index (κ3) is 7.97. The maximum atomic E-state index is 6.04. The lowest BCUT2D eigenvalue weighted by molar-refractivity contribution is 0.336. The Labute approximate surface area is 224 Å². The zero-order valence-corrected chi connectivity index (χ0v) is 22.1. The molecule has 3 aromatic carbocycles. The quantitative estimate of drug-likeness (QED) is 0.165. The molecule has 192 valence electrons. The van der Waals surface area contributed by atoms with Gasteiger partial charge in [0.25, 0.3) is 0 Å². The molecule has 0 saturated heterocycles. The number of allylic oxidation sites excluding steroid dienone is 3. The number of nitrogens with zero attached hydrogens (tertiary/aromatic N) is 1. The number of hydrogen-bond donors (Lipinski definition) is 0. The molecule has 0 saturated carbocycles. The maximum Gasteiger partial charge on any atom is 0.531 e. The van der Waals surface area contributed by atoms with Crippen molar-refractivity contribution in [2.24, 2.45) is 0 Å². The van der Waals surface area contributed by atoms with Crippen molar-refractivity contribution in [3.05, 3.63) is 133 Å². The van der Waals surface area contributed by atoms with Gasteiger partial charge < -0.3 is 27.1 Å². The average molecular weight is 545 g/mol. The lowest BCUT2D eigenvalue weighted by Gasteiger charge is -2.19. The van der Waals surface area contributed by atoms with E-state index in [0.29, 0.717) is 34.6 Å². The van der Waals surface area contributed by atoms with Gasteiger partial charge in [-0.1, -0.05) is 60.7 Å². The van der Waals surface area contributed by atoms with Gasteiger partial charge in [0.05, 0.1) is 6.20 Å². The van der Waals surface area contributed by atoms with Gasteiger partial charge in [0.15, 0.2) is 0 Å². The van der Waals surface area contributed by atoms with Gasteiger partial charge in [0.2, 0.25) is 5.88 Å². The van der Waals surface area contributed by atoms with Crippen LogP contribution in [0.2, 0.25) is 0 Å². The summed E-state index contributed by atoms with van der Waals surface area (Å²) in [5.41, 5.74) is 0. The summed E-state index contributed by atoms with van der Waals surface area (Å²) in [6.07, 6.45) is 9.45. The van der Waals surface area contributed by atoms with Crippen LogP contribution in [0.1, 0.15) is 12.8 Å². The van der Waals surface area contributed by atoms with Crippen molar-refractivity contribution in [1.82, 2.24) is 4.98 Å². The van der Waals surface area contributed by atoms with Crippen molar-refractivity contribution in [3.8, 4) is 28.9 Å². The van der Waals surface area contributed by atoms with Crippen molar-refractivity contribution in [1.29, 1.82) is 0 Å². The molecule has 1 aromatic heterocycles. The van der Waals surface area contributed by atoms with E-state index in [4.69, 9.17) is 27.1 Å². The summed E-state index contributed by atoms with van der Waals surface area (Å²) in [7, 11) is -3.60. The molecule has 5 rings (SSSR count). The Kier molecular flexibility index (Phi) is 9.08. The molecule has 0 amide bonds. The van der Waals surface area contributed by atoms with E-state index >= 15 is 0 Å². The molecule has 0 N–H and O–H groups in total. The predicted octanol–water partition coefficient (Wildman–Crippen LogP) is 8.78. The standard InChI is InChI=1S/C29H25NO6P2/c1-5-13-24(14-6-1)31-37(32-25-15-7-2-8-16-25)35-28-21-22-29(30-23-28)36-38(33-26-17-9-3-10-18-26)34-27-19-11-4-12-20-27/h1,3-7,9-23H,2,8H2. The van der Waals surface area contributed by atoms with Crippen molar-refractivity contribution in [3.63, 3.8) is 0 Å². The van der Waals surface area contributed by atoms with Crippen molar-refractivity contribution in [2.45, 2.75) is 12.8 Å². The fourth-order valence-electron chi connectivity index (χ4n) is 3.19. The molecule has 1 aliphatic carbocycles. The van der Waals surface area contributed by atoms with Crippen LogP contribution in [0.5, 0.6) is 28.9 Å². The van der Waals surface area contributed by atoms with Gasteiger partial charge in [-0.25, -0.2) is 4.98 Å². The first-order valence-electron chi connectivity index (χ1n) is 12.0. The second-order valence-corrected chi connectivity index (χ2v) is 9.84. The van der Waals surface area contributed by atoms with E-state index in [1.54, 1.807) is 18.3 Å². The number of benzene rings is 3. The number of rotatable bonds is 12. The van der Waals surface area contributed by atoms with E-state index in [2.05, 4.69) is 11.1 Å². The molecule has 0 radical (unpaired) electrons. The number of aromatic nitrogens is 1. The third-order valence-electron chi connectivity index (χ3n) is 4.97. The van der Waals surface area contributed by atoms with Crippen LogP contribution in [0.25, 0.3) is 0 Å². The molecule has 38 heavy (non-hydrogen) atoms. The number of para-hydroxylation sites is 3. The molecule has 1 unspecified atom stereocenters. The Morgan fingerprint density at radius 3 is 1.50 bits per heavy atom. The molecule has 7 nitrogen and oxygen atoms in total. The minimum Gasteiger partial charge on any atom is -0.409 e. The molecular formula is C29H25NO6P2. The van der Waals surface area contributed by atoms with E-state index in [-0.39, 0.29) is 0 Å². The summed E-state index contributed by atoms with van der Waals surface area (Å²) in [5, 5.41) is 0. The zero-order chi connectivity index (χ0) is 25.8. The van der Waals surface area contributed by atoms with Gasteiger partial charge in [0.1, 0.15) is 28.8 Å². The van der Waals surface area contributed by atoms with Crippen LogP contribution in [-0.4, -0.2) is 4.98 Å². The van der Waals surface area contributed by atoms with Crippen LogP contribution >= 0.6 is 17.2 Å². The van der Waals surface area contributed by atoms with Crippen LogP contribution in [0, 0.1) is 0 Å². The Balaban J connectivity index is 1.27. The molecule has 0 fully saturated rings. The first-order valence-corrected chi connectivity index (χ1v) is 14.2. The lowest BCUT2D eigenvalue weighted by atomic mass is 10.2. The van der Waals surface area contributed by atoms with E-state index in [1.165, 1.54) is 0 Å². The second-order valence-electron chi connectivity index (χ2n) is 7.85. The molecule has 9 heteroatoms. The fourth-order valence-corrected chi connectivity index (χ4v) is 5.15. The van der Waals surface area contributed by atoms with E-state index in [9.17, 15) is 0 Å². The minimum absolute atomic E-state index is 0.322. The first kappa shape index (κ1) is 25.6. The molecular weight excluding hydrogens is 520 g/mol. The Hall–Kier alpha value is -4.05. The van der Waals surface area contributed by atoms with Crippen LogP contribution < -0.4 is 22.6 Å².